The molecule has 4 nitrogen and oxygen atoms in total. The minimum absolute atomic E-state index is 0.209. The molecule has 0 aliphatic rings. The zero-order chi connectivity index (χ0) is 15.1. The first kappa shape index (κ1) is 17.9. The molecule has 1 heterocycles. The molecule has 0 aliphatic carbocycles. The largest absolute Gasteiger partial charge is 0.444 e. The summed E-state index contributed by atoms with van der Waals surface area (Å²) in [6, 6.07) is 0. The van der Waals surface area contributed by atoms with Crippen LogP contribution < -0.4 is 5.32 Å². The van der Waals surface area contributed by atoms with Crippen molar-refractivity contribution in [2.75, 3.05) is 6.54 Å². The van der Waals surface area contributed by atoms with Gasteiger partial charge in [-0.1, -0.05) is 20.8 Å². The van der Waals surface area contributed by atoms with Crippen molar-refractivity contribution in [1.29, 1.82) is 0 Å². The molecule has 1 aromatic heterocycles. The van der Waals surface area contributed by atoms with E-state index in [1.807, 2.05) is 53.8 Å². The van der Waals surface area contributed by atoms with Crippen molar-refractivity contribution in [3.8, 4) is 0 Å². The number of rotatable bonds is 3. The van der Waals surface area contributed by atoms with Gasteiger partial charge in [0.1, 0.15) is 5.60 Å². The van der Waals surface area contributed by atoms with Crippen molar-refractivity contribution in [2.45, 2.75) is 60.0 Å². The summed E-state index contributed by atoms with van der Waals surface area (Å²) in [6.07, 6.45) is -0.377. The van der Waals surface area contributed by atoms with Crippen LogP contribution in [-0.2, 0) is 4.74 Å². The Morgan fingerprint density at radius 3 is 2.47 bits per heavy atom. The Kier molecular flexibility index (Phi) is 7.68. The molecule has 110 valence electrons. The van der Waals surface area contributed by atoms with Gasteiger partial charge in [0.15, 0.2) is 0 Å². The standard InChI is InChI=1S/C12H20N2O2S.C2H6/c1-8(10-14-9(2)7-17-10)6-13-11(15)16-12(3,4)5;1-2/h7-8H,6H2,1-5H3,(H,13,15);1-2H3. The van der Waals surface area contributed by atoms with Crippen LogP contribution in [0.3, 0.4) is 0 Å². The van der Waals surface area contributed by atoms with Gasteiger partial charge < -0.3 is 10.1 Å². The molecule has 1 amide bonds. The molecule has 0 saturated heterocycles. The van der Waals surface area contributed by atoms with E-state index in [9.17, 15) is 4.79 Å². The molecule has 5 heteroatoms. The fourth-order valence-corrected chi connectivity index (χ4v) is 2.09. The van der Waals surface area contributed by atoms with Gasteiger partial charge in [-0.2, -0.15) is 0 Å². The number of thiazole rings is 1. The lowest BCUT2D eigenvalue weighted by molar-refractivity contribution is 0.0525. The van der Waals surface area contributed by atoms with E-state index < -0.39 is 5.60 Å². The summed E-state index contributed by atoms with van der Waals surface area (Å²) in [5, 5.41) is 5.81. The van der Waals surface area contributed by atoms with Gasteiger partial charge in [0.2, 0.25) is 0 Å². The highest BCUT2D eigenvalue weighted by Gasteiger charge is 2.17. The third-order valence-corrected chi connectivity index (χ3v) is 3.20. The van der Waals surface area contributed by atoms with Crippen molar-refractivity contribution in [2.24, 2.45) is 0 Å². The quantitative estimate of drug-likeness (QED) is 0.910. The second kappa shape index (κ2) is 8.15. The van der Waals surface area contributed by atoms with Gasteiger partial charge in [-0.05, 0) is 27.7 Å². The number of aromatic nitrogens is 1. The predicted molar refractivity (Wildman–Crippen MR) is 80.9 cm³/mol. The lowest BCUT2D eigenvalue weighted by atomic mass is 10.2. The van der Waals surface area contributed by atoms with Crippen LogP contribution in [0.25, 0.3) is 0 Å². The minimum atomic E-state index is -0.453. The molecule has 0 saturated carbocycles. The molecule has 1 unspecified atom stereocenters. The third kappa shape index (κ3) is 7.82. The van der Waals surface area contributed by atoms with Crippen LogP contribution in [-0.4, -0.2) is 23.2 Å². The molecule has 19 heavy (non-hydrogen) atoms. The van der Waals surface area contributed by atoms with E-state index in [2.05, 4.69) is 10.3 Å². The maximum atomic E-state index is 11.4. The molecular weight excluding hydrogens is 260 g/mol. The van der Waals surface area contributed by atoms with Crippen LogP contribution in [0.5, 0.6) is 0 Å². The highest BCUT2D eigenvalue weighted by Crippen LogP contribution is 2.19. The van der Waals surface area contributed by atoms with Crippen LogP contribution in [0.1, 0.15) is 58.2 Å². The van der Waals surface area contributed by atoms with E-state index in [0.717, 1.165) is 10.7 Å². The van der Waals surface area contributed by atoms with Crippen molar-refractivity contribution >= 4 is 17.4 Å². The summed E-state index contributed by atoms with van der Waals surface area (Å²) in [4.78, 5) is 15.8. The normalized spacial score (nSPS) is 12.2. The summed E-state index contributed by atoms with van der Waals surface area (Å²) in [5.74, 6) is 0.209. The first-order valence-electron chi connectivity index (χ1n) is 6.67. The third-order valence-electron chi connectivity index (χ3n) is 2.01. The van der Waals surface area contributed by atoms with E-state index in [0.29, 0.717) is 6.54 Å². The molecule has 0 fully saturated rings. The highest BCUT2D eigenvalue weighted by atomic mass is 32.1. The molecule has 1 atom stereocenters. The van der Waals surface area contributed by atoms with Crippen LogP contribution in [0.2, 0.25) is 0 Å². The molecule has 0 bridgehead atoms. The van der Waals surface area contributed by atoms with Gasteiger partial charge >= 0.3 is 6.09 Å². The number of nitrogens with zero attached hydrogens (tertiary/aromatic N) is 1. The summed E-state index contributed by atoms with van der Waals surface area (Å²) in [7, 11) is 0. The van der Waals surface area contributed by atoms with Gasteiger partial charge in [-0.25, -0.2) is 9.78 Å². The molecule has 0 aromatic carbocycles. The van der Waals surface area contributed by atoms with Crippen LogP contribution in [0, 0.1) is 6.92 Å². The Morgan fingerprint density at radius 2 is 2.05 bits per heavy atom. The second-order valence-electron chi connectivity index (χ2n) is 5.11. The smallest absolute Gasteiger partial charge is 0.407 e. The Balaban J connectivity index is 0.00000154. The number of carbonyl (C=O) groups is 1. The molecule has 0 spiro atoms. The van der Waals surface area contributed by atoms with E-state index in [-0.39, 0.29) is 12.0 Å². The summed E-state index contributed by atoms with van der Waals surface area (Å²) in [5.41, 5.74) is 0.569. The van der Waals surface area contributed by atoms with Crippen LogP contribution in [0.4, 0.5) is 4.79 Å². The zero-order valence-corrected chi connectivity index (χ0v) is 13.9. The van der Waals surface area contributed by atoms with Crippen molar-refractivity contribution in [1.82, 2.24) is 10.3 Å². The van der Waals surface area contributed by atoms with E-state index in [1.54, 1.807) is 11.3 Å². The summed E-state index contributed by atoms with van der Waals surface area (Å²) in [6.45, 7) is 14.1. The lowest BCUT2D eigenvalue weighted by Crippen LogP contribution is -2.34. The van der Waals surface area contributed by atoms with Gasteiger partial charge in [0.25, 0.3) is 0 Å². The van der Waals surface area contributed by atoms with Crippen molar-refractivity contribution in [3.05, 3.63) is 16.1 Å². The average Bonchev–Trinajstić information content (AvgIpc) is 2.73. The molecule has 1 N–H and O–H groups in total. The Hall–Kier alpha value is -1.10. The van der Waals surface area contributed by atoms with E-state index >= 15 is 0 Å². The molecular formula is C14H26N2O2S. The average molecular weight is 286 g/mol. The first-order chi connectivity index (χ1) is 8.78. The van der Waals surface area contributed by atoms with Gasteiger partial charge in [0.05, 0.1) is 5.01 Å². The van der Waals surface area contributed by atoms with Crippen molar-refractivity contribution in [3.63, 3.8) is 0 Å². The van der Waals surface area contributed by atoms with Gasteiger partial charge in [-0.15, -0.1) is 11.3 Å². The van der Waals surface area contributed by atoms with E-state index in [1.165, 1.54) is 0 Å². The number of carbonyl (C=O) groups excluding carboxylic acids is 1. The number of amides is 1. The number of aryl methyl sites for hydroxylation is 1. The van der Waals surface area contributed by atoms with E-state index in [4.69, 9.17) is 4.74 Å². The fourth-order valence-electron chi connectivity index (χ4n) is 1.24. The second-order valence-corrected chi connectivity index (χ2v) is 6.00. The number of alkyl carbamates (subject to hydrolysis) is 1. The maximum Gasteiger partial charge on any atom is 0.407 e. The number of hydrogen-bond donors (Lipinski definition) is 1. The van der Waals surface area contributed by atoms with Gasteiger partial charge in [0, 0.05) is 23.5 Å². The van der Waals surface area contributed by atoms with Crippen LogP contribution >= 0.6 is 11.3 Å². The Morgan fingerprint density at radius 1 is 1.47 bits per heavy atom. The summed E-state index contributed by atoms with van der Waals surface area (Å²) < 4.78 is 5.16. The Bertz CT molecular complexity index is 383. The molecule has 0 aliphatic heterocycles. The molecule has 1 rings (SSSR count). The highest BCUT2D eigenvalue weighted by molar-refractivity contribution is 7.09. The van der Waals surface area contributed by atoms with Crippen molar-refractivity contribution < 1.29 is 9.53 Å². The predicted octanol–water partition coefficient (Wildman–Crippen LogP) is 4.11. The molecule has 0 radical (unpaired) electrons. The fraction of sp³-hybridized carbons (Fsp3) is 0.714. The number of nitrogens with one attached hydrogen (secondary N) is 1. The van der Waals surface area contributed by atoms with Crippen LogP contribution in [0.15, 0.2) is 5.38 Å². The maximum absolute atomic E-state index is 11.4. The topological polar surface area (TPSA) is 51.2 Å². The summed E-state index contributed by atoms with van der Waals surface area (Å²) >= 11 is 1.62. The SMILES string of the molecule is CC.Cc1csc(C(C)CNC(=O)OC(C)(C)C)n1. The minimum Gasteiger partial charge on any atom is -0.444 e. The first-order valence-corrected chi connectivity index (χ1v) is 7.55. The number of hydrogen-bond acceptors (Lipinski definition) is 4. The Labute approximate surface area is 120 Å². The molecule has 1 aromatic rings. The van der Waals surface area contributed by atoms with Gasteiger partial charge in [-0.3, -0.25) is 0 Å². The monoisotopic (exact) mass is 286 g/mol. The zero-order valence-electron chi connectivity index (χ0n) is 13.0. The lowest BCUT2D eigenvalue weighted by Gasteiger charge is -2.20. The number of ether oxygens (including phenoxy) is 1.